The van der Waals surface area contributed by atoms with Crippen LogP contribution < -0.4 is 16.0 Å². The van der Waals surface area contributed by atoms with Crippen LogP contribution in [0.25, 0.3) is 0 Å². The van der Waals surface area contributed by atoms with E-state index >= 15 is 0 Å². The Labute approximate surface area is 110 Å². The van der Waals surface area contributed by atoms with Gasteiger partial charge in [0.05, 0.1) is 11.4 Å². The van der Waals surface area contributed by atoms with Crippen molar-refractivity contribution in [1.29, 1.82) is 0 Å². The molecule has 3 rings (SSSR count). The molecule has 1 aliphatic heterocycles. The van der Waals surface area contributed by atoms with E-state index in [1.54, 1.807) is 17.3 Å². The highest BCUT2D eigenvalue weighted by Gasteiger charge is 2.24. The van der Waals surface area contributed by atoms with Crippen LogP contribution in [0.4, 0.5) is 17.3 Å². The Hall–Kier alpha value is -2.47. The predicted molar refractivity (Wildman–Crippen MR) is 72.0 cm³/mol. The van der Waals surface area contributed by atoms with Crippen LogP contribution in [-0.4, -0.2) is 22.4 Å². The standard InChI is InChI=1S/C13H13N5O/c14-5-9-6-15-13(16-7-9)18-8-12(19)17-10-3-1-2-4-11(10)18/h1-4,6-7H,5,8,14H2,(H,17,19). The average Bonchev–Trinajstić information content (AvgIpc) is 2.46. The zero-order chi connectivity index (χ0) is 13.2. The topological polar surface area (TPSA) is 84.1 Å². The fraction of sp³-hybridized carbons (Fsp3) is 0.154. The lowest BCUT2D eigenvalue weighted by atomic mass is 10.2. The van der Waals surface area contributed by atoms with Crippen molar-refractivity contribution in [2.24, 2.45) is 5.73 Å². The Bertz CT molecular complexity index is 611. The third kappa shape index (κ3) is 2.13. The smallest absolute Gasteiger partial charge is 0.244 e. The van der Waals surface area contributed by atoms with E-state index in [1.807, 2.05) is 24.3 Å². The number of nitrogens with one attached hydrogen (secondary N) is 1. The first-order valence-electron chi connectivity index (χ1n) is 5.95. The van der Waals surface area contributed by atoms with Gasteiger partial charge in [-0.3, -0.25) is 9.69 Å². The first kappa shape index (κ1) is 11.6. The van der Waals surface area contributed by atoms with E-state index in [2.05, 4.69) is 15.3 Å². The molecule has 96 valence electrons. The van der Waals surface area contributed by atoms with Crippen LogP contribution in [0, 0.1) is 0 Å². The van der Waals surface area contributed by atoms with E-state index in [1.165, 1.54) is 0 Å². The van der Waals surface area contributed by atoms with Crippen molar-refractivity contribution in [2.45, 2.75) is 6.54 Å². The van der Waals surface area contributed by atoms with Gasteiger partial charge < -0.3 is 11.1 Å². The molecule has 1 aromatic heterocycles. The Morgan fingerprint density at radius 2 is 2.00 bits per heavy atom. The van der Waals surface area contributed by atoms with Crippen molar-refractivity contribution in [2.75, 3.05) is 16.8 Å². The summed E-state index contributed by atoms with van der Waals surface area (Å²) in [5.41, 5.74) is 8.04. The lowest BCUT2D eigenvalue weighted by molar-refractivity contribution is -0.115. The Morgan fingerprint density at radius 1 is 1.26 bits per heavy atom. The second-order valence-corrected chi connectivity index (χ2v) is 4.25. The highest BCUT2D eigenvalue weighted by molar-refractivity contribution is 6.02. The molecule has 1 aliphatic rings. The molecule has 6 nitrogen and oxygen atoms in total. The van der Waals surface area contributed by atoms with Crippen LogP contribution in [0.3, 0.4) is 0 Å². The second kappa shape index (κ2) is 4.66. The highest BCUT2D eigenvalue weighted by Crippen LogP contribution is 2.32. The number of rotatable bonds is 2. The van der Waals surface area contributed by atoms with Crippen LogP contribution in [0.1, 0.15) is 5.56 Å². The monoisotopic (exact) mass is 255 g/mol. The molecule has 0 spiro atoms. The number of amides is 1. The van der Waals surface area contributed by atoms with E-state index < -0.39 is 0 Å². The number of nitrogens with two attached hydrogens (primary N) is 1. The summed E-state index contributed by atoms with van der Waals surface area (Å²) in [5, 5.41) is 2.83. The van der Waals surface area contributed by atoms with Crippen LogP contribution in [-0.2, 0) is 11.3 Å². The fourth-order valence-electron chi connectivity index (χ4n) is 2.00. The number of carbonyl (C=O) groups excluding carboxylic acids is 1. The number of aromatic nitrogens is 2. The molecular formula is C13H13N5O. The molecule has 1 amide bonds. The minimum atomic E-state index is -0.0785. The van der Waals surface area contributed by atoms with Crippen LogP contribution in [0.5, 0.6) is 0 Å². The number of nitrogens with zero attached hydrogens (tertiary/aromatic N) is 3. The minimum Gasteiger partial charge on any atom is -0.326 e. The van der Waals surface area contributed by atoms with Crippen LogP contribution in [0.2, 0.25) is 0 Å². The second-order valence-electron chi connectivity index (χ2n) is 4.25. The summed E-state index contributed by atoms with van der Waals surface area (Å²) in [5.74, 6) is 0.421. The van der Waals surface area contributed by atoms with Gasteiger partial charge in [-0.05, 0) is 12.1 Å². The molecule has 0 fully saturated rings. The molecular weight excluding hydrogens is 242 g/mol. The van der Waals surface area contributed by atoms with E-state index in [-0.39, 0.29) is 12.5 Å². The summed E-state index contributed by atoms with van der Waals surface area (Å²) in [4.78, 5) is 22.0. The Morgan fingerprint density at radius 3 is 2.74 bits per heavy atom. The molecule has 0 saturated carbocycles. The molecule has 0 aliphatic carbocycles. The number of hydrogen-bond acceptors (Lipinski definition) is 5. The van der Waals surface area contributed by atoms with Crippen LogP contribution in [0.15, 0.2) is 36.7 Å². The van der Waals surface area contributed by atoms with Crippen molar-refractivity contribution in [1.82, 2.24) is 9.97 Å². The van der Waals surface area contributed by atoms with Gasteiger partial charge in [-0.25, -0.2) is 9.97 Å². The SMILES string of the molecule is NCc1cnc(N2CC(=O)Nc3ccccc32)nc1. The zero-order valence-corrected chi connectivity index (χ0v) is 10.2. The summed E-state index contributed by atoms with van der Waals surface area (Å²) in [6, 6.07) is 7.57. The lowest BCUT2D eigenvalue weighted by Gasteiger charge is -2.28. The molecule has 0 bridgehead atoms. The fourth-order valence-corrected chi connectivity index (χ4v) is 2.00. The predicted octanol–water partition coefficient (Wildman–Crippen LogP) is 1.03. The van der Waals surface area contributed by atoms with Crippen molar-refractivity contribution in [3.05, 3.63) is 42.2 Å². The van der Waals surface area contributed by atoms with E-state index in [9.17, 15) is 4.79 Å². The molecule has 2 aromatic rings. The molecule has 0 radical (unpaired) electrons. The molecule has 1 aromatic carbocycles. The third-order valence-electron chi connectivity index (χ3n) is 2.94. The van der Waals surface area contributed by atoms with Gasteiger partial charge in [-0.1, -0.05) is 12.1 Å². The van der Waals surface area contributed by atoms with Crippen molar-refractivity contribution in [3.63, 3.8) is 0 Å². The van der Waals surface area contributed by atoms with Gasteiger partial charge in [0, 0.05) is 24.5 Å². The highest BCUT2D eigenvalue weighted by atomic mass is 16.2. The number of benzene rings is 1. The van der Waals surface area contributed by atoms with Gasteiger partial charge in [0.2, 0.25) is 11.9 Å². The number of para-hydroxylation sites is 2. The minimum absolute atomic E-state index is 0.0785. The normalized spacial score (nSPS) is 13.9. The third-order valence-corrected chi connectivity index (χ3v) is 2.94. The van der Waals surface area contributed by atoms with E-state index in [0.29, 0.717) is 12.5 Å². The number of anilines is 3. The van der Waals surface area contributed by atoms with Gasteiger partial charge in [0.1, 0.15) is 6.54 Å². The first-order chi connectivity index (χ1) is 9.28. The molecule has 2 heterocycles. The van der Waals surface area contributed by atoms with Crippen LogP contribution >= 0.6 is 0 Å². The molecule has 0 unspecified atom stereocenters. The Balaban J connectivity index is 2.02. The van der Waals surface area contributed by atoms with E-state index in [4.69, 9.17) is 5.73 Å². The maximum Gasteiger partial charge on any atom is 0.244 e. The molecule has 6 heteroatoms. The van der Waals surface area contributed by atoms with Gasteiger partial charge in [-0.15, -0.1) is 0 Å². The van der Waals surface area contributed by atoms with Gasteiger partial charge in [-0.2, -0.15) is 0 Å². The maximum absolute atomic E-state index is 11.7. The van der Waals surface area contributed by atoms with Gasteiger partial charge >= 0.3 is 0 Å². The number of hydrogen-bond donors (Lipinski definition) is 2. The maximum atomic E-state index is 11.7. The number of fused-ring (bicyclic) bond motifs is 1. The molecule has 3 N–H and O–H groups in total. The molecule has 0 saturated heterocycles. The zero-order valence-electron chi connectivity index (χ0n) is 10.2. The number of carbonyl (C=O) groups is 1. The van der Waals surface area contributed by atoms with Gasteiger partial charge in [0.15, 0.2) is 0 Å². The van der Waals surface area contributed by atoms with Crippen molar-refractivity contribution in [3.8, 4) is 0 Å². The lowest BCUT2D eigenvalue weighted by Crippen LogP contribution is -2.35. The van der Waals surface area contributed by atoms with Crippen molar-refractivity contribution < 1.29 is 4.79 Å². The first-order valence-corrected chi connectivity index (χ1v) is 5.95. The summed E-state index contributed by atoms with van der Waals surface area (Å²) in [6.45, 7) is 0.607. The summed E-state index contributed by atoms with van der Waals surface area (Å²) < 4.78 is 0. The summed E-state index contributed by atoms with van der Waals surface area (Å²) >= 11 is 0. The average molecular weight is 255 g/mol. The summed E-state index contributed by atoms with van der Waals surface area (Å²) in [6.07, 6.45) is 3.36. The van der Waals surface area contributed by atoms with Gasteiger partial charge in [0.25, 0.3) is 0 Å². The molecule has 0 atom stereocenters. The largest absolute Gasteiger partial charge is 0.326 e. The molecule has 19 heavy (non-hydrogen) atoms. The summed E-state index contributed by atoms with van der Waals surface area (Å²) in [7, 11) is 0. The van der Waals surface area contributed by atoms with Crippen molar-refractivity contribution >= 4 is 23.2 Å². The quantitative estimate of drug-likeness (QED) is 0.837. The Kier molecular flexibility index (Phi) is 2.85. The van der Waals surface area contributed by atoms with E-state index in [0.717, 1.165) is 16.9 Å².